The van der Waals surface area contributed by atoms with Gasteiger partial charge in [-0.15, -0.1) is 0 Å². The number of aliphatic hydroxyl groups is 1. The van der Waals surface area contributed by atoms with Gasteiger partial charge in [-0.25, -0.2) is 0 Å². The molecule has 17 heavy (non-hydrogen) atoms. The monoisotopic (exact) mass is 243 g/mol. The van der Waals surface area contributed by atoms with E-state index in [4.69, 9.17) is 10.2 Å². The molecule has 1 amide bonds. The summed E-state index contributed by atoms with van der Waals surface area (Å²) in [5.74, 6) is -1.35. The van der Waals surface area contributed by atoms with E-state index < -0.39 is 5.97 Å². The van der Waals surface area contributed by atoms with Gasteiger partial charge in [0, 0.05) is 12.5 Å². The number of aliphatic hydroxyl groups excluding tert-OH is 1. The van der Waals surface area contributed by atoms with Gasteiger partial charge in [-0.3, -0.25) is 9.59 Å². The van der Waals surface area contributed by atoms with E-state index in [1.165, 1.54) is 0 Å². The molecule has 0 saturated heterocycles. The van der Waals surface area contributed by atoms with Crippen molar-refractivity contribution in [2.75, 3.05) is 6.54 Å². The van der Waals surface area contributed by atoms with Crippen molar-refractivity contribution in [3.05, 3.63) is 0 Å². The van der Waals surface area contributed by atoms with E-state index in [0.717, 1.165) is 6.42 Å². The molecule has 0 heterocycles. The molecule has 3 unspecified atom stereocenters. The van der Waals surface area contributed by atoms with Gasteiger partial charge in [0.05, 0.1) is 12.0 Å². The van der Waals surface area contributed by atoms with Crippen molar-refractivity contribution >= 4 is 11.9 Å². The maximum atomic E-state index is 11.7. The molecule has 98 valence electrons. The molecule has 0 aromatic rings. The lowest BCUT2D eigenvalue weighted by Gasteiger charge is -2.11. The maximum absolute atomic E-state index is 11.7. The Morgan fingerprint density at radius 2 is 2.00 bits per heavy atom. The van der Waals surface area contributed by atoms with Crippen LogP contribution in [0.15, 0.2) is 0 Å². The van der Waals surface area contributed by atoms with Crippen molar-refractivity contribution in [1.82, 2.24) is 5.32 Å². The summed E-state index contributed by atoms with van der Waals surface area (Å²) in [4.78, 5) is 22.4. The van der Waals surface area contributed by atoms with E-state index in [9.17, 15) is 9.59 Å². The van der Waals surface area contributed by atoms with E-state index >= 15 is 0 Å². The number of nitrogens with one attached hydrogen (secondary N) is 1. The van der Waals surface area contributed by atoms with E-state index in [0.29, 0.717) is 32.2 Å². The summed E-state index contributed by atoms with van der Waals surface area (Å²) in [7, 11) is 0. The van der Waals surface area contributed by atoms with Gasteiger partial charge in [0.1, 0.15) is 0 Å². The topological polar surface area (TPSA) is 86.6 Å². The molecule has 0 aromatic heterocycles. The Morgan fingerprint density at radius 3 is 2.53 bits per heavy atom. The number of carbonyl (C=O) groups excluding carboxylic acids is 1. The molecule has 1 aliphatic rings. The van der Waals surface area contributed by atoms with E-state index in [2.05, 4.69) is 5.32 Å². The molecule has 1 rings (SSSR count). The van der Waals surface area contributed by atoms with E-state index in [-0.39, 0.29) is 23.8 Å². The lowest BCUT2D eigenvalue weighted by Crippen LogP contribution is -2.30. The van der Waals surface area contributed by atoms with Crippen LogP contribution in [0.4, 0.5) is 0 Å². The van der Waals surface area contributed by atoms with Crippen LogP contribution >= 0.6 is 0 Å². The lowest BCUT2D eigenvalue weighted by molar-refractivity contribution is -0.141. The largest absolute Gasteiger partial charge is 0.481 e. The Balaban J connectivity index is 2.19. The Labute approximate surface area is 101 Å². The fraction of sp³-hybridized carbons (Fsp3) is 0.833. The van der Waals surface area contributed by atoms with Crippen LogP contribution in [0.3, 0.4) is 0 Å². The van der Waals surface area contributed by atoms with Gasteiger partial charge in [-0.05, 0) is 39.0 Å². The minimum atomic E-state index is -0.797. The third kappa shape index (κ3) is 4.73. The number of rotatable bonds is 6. The predicted octanol–water partition coefficient (Wildman–Crippen LogP) is 0.764. The summed E-state index contributed by atoms with van der Waals surface area (Å²) < 4.78 is 0. The summed E-state index contributed by atoms with van der Waals surface area (Å²) in [6, 6.07) is 0. The molecular weight excluding hydrogens is 222 g/mol. The Bertz CT molecular complexity index is 278. The molecule has 5 heteroatoms. The summed E-state index contributed by atoms with van der Waals surface area (Å²) in [5.41, 5.74) is 0. The minimum absolute atomic E-state index is 0.0423. The van der Waals surface area contributed by atoms with Crippen molar-refractivity contribution in [3.63, 3.8) is 0 Å². The molecule has 5 nitrogen and oxygen atoms in total. The molecule has 3 N–H and O–H groups in total. The molecule has 3 atom stereocenters. The van der Waals surface area contributed by atoms with Gasteiger partial charge in [0.15, 0.2) is 0 Å². The molecule has 1 aliphatic carbocycles. The summed E-state index contributed by atoms with van der Waals surface area (Å²) in [6.07, 6.45) is 2.80. The first kappa shape index (κ1) is 14.0. The average molecular weight is 243 g/mol. The molecule has 0 spiro atoms. The van der Waals surface area contributed by atoms with Crippen LogP contribution in [-0.4, -0.2) is 34.7 Å². The molecule has 0 aromatic carbocycles. The number of hydrogen-bond acceptors (Lipinski definition) is 3. The molecular formula is C12H21NO4. The number of hydrogen-bond donors (Lipinski definition) is 3. The van der Waals surface area contributed by atoms with Gasteiger partial charge in [-0.1, -0.05) is 0 Å². The Hall–Kier alpha value is -1.10. The van der Waals surface area contributed by atoms with E-state index in [1.807, 2.05) is 0 Å². The highest BCUT2D eigenvalue weighted by atomic mass is 16.4. The van der Waals surface area contributed by atoms with Crippen LogP contribution < -0.4 is 5.32 Å². The van der Waals surface area contributed by atoms with Gasteiger partial charge < -0.3 is 15.5 Å². The first-order valence-electron chi connectivity index (χ1n) is 6.19. The highest BCUT2D eigenvalue weighted by Gasteiger charge is 2.33. The van der Waals surface area contributed by atoms with Crippen LogP contribution in [-0.2, 0) is 9.59 Å². The highest BCUT2D eigenvalue weighted by Crippen LogP contribution is 2.30. The van der Waals surface area contributed by atoms with E-state index in [1.54, 1.807) is 6.92 Å². The summed E-state index contributed by atoms with van der Waals surface area (Å²) in [5, 5.41) is 20.7. The minimum Gasteiger partial charge on any atom is -0.481 e. The fourth-order valence-electron chi connectivity index (χ4n) is 2.20. The number of carboxylic acid groups (broad SMARTS) is 1. The first-order chi connectivity index (χ1) is 8.00. The zero-order chi connectivity index (χ0) is 12.8. The van der Waals surface area contributed by atoms with Crippen LogP contribution in [0, 0.1) is 11.8 Å². The van der Waals surface area contributed by atoms with Gasteiger partial charge >= 0.3 is 5.97 Å². The highest BCUT2D eigenvalue weighted by molar-refractivity contribution is 5.80. The zero-order valence-corrected chi connectivity index (χ0v) is 10.2. The number of aliphatic carboxylic acids is 1. The van der Waals surface area contributed by atoms with Crippen molar-refractivity contribution in [2.45, 2.75) is 45.1 Å². The van der Waals surface area contributed by atoms with Gasteiger partial charge in [0.25, 0.3) is 0 Å². The second-order valence-corrected chi connectivity index (χ2v) is 4.83. The SMILES string of the molecule is CC(O)CCCNC(=O)C1CCC(C(=O)O)C1. The molecule has 0 radical (unpaired) electrons. The Morgan fingerprint density at radius 1 is 1.35 bits per heavy atom. The van der Waals surface area contributed by atoms with Crippen molar-refractivity contribution in [2.24, 2.45) is 11.8 Å². The van der Waals surface area contributed by atoms with Crippen LogP contribution in [0.2, 0.25) is 0 Å². The maximum Gasteiger partial charge on any atom is 0.306 e. The molecule has 0 aliphatic heterocycles. The van der Waals surface area contributed by atoms with Crippen molar-refractivity contribution in [3.8, 4) is 0 Å². The lowest BCUT2D eigenvalue weighted by atomic mass is 10.0. The zero-order valence-electron chi connectivity index (χ0n) is 10.2. The first-order valence-corrected chi connectivity index (χ1v) is 6.19. The molecule has 1 fully saturated rings. The van der Waals surface area contributed by atoms with Crippen molar-refractivity contribution < 1.29 is 19.8 Å². The molecule has 1 saturated carbocycles. The third-order valence-electron chi connectivity index (χ3n) is 3.25. The fourth-order valence-corrected chi connectivity index (χ4v) is 2.20. The number of carbonyl (C=O) groups is 2. The van der Waals surface area contributed by atoms with Crippen LogP contribution in [0.1, 0.15) is 39.0 Å². The Kier molecular flexibility index (Phi) is 5.41. The normalized spacial score (nSPS) is 25.5. The second kappa shape index (κ2) is 6.59. The van der Waals surface area contributed by atoms with Crippen LogP contribution in [0.25, 0.3) is 0 Å². The number of carboxylic acids is 1. The predicted molar refractivity (Wildman–Crippen MR) is 62.4 cm³/mol. The summed E-state index contributed by atoms with van der Waals surface area (Å²) in [6.45, 7) is 2.27. The molecule has 0 bridgehead atoms. The summed E-state index contributed by atoms with van der Waals surface area (Å²) >= 11 is 0. The average Bonchev–Trinajstić information content (AvgIpc) is 2.73. The quantitative estimate of drug-likeness (QED) is 0.601. The van der Waals surface area contributed by atoms with Crippen LogP contribution in [0.5, 0.6) is 0 Å². The van der Waals surface area contributed by atoms with Gasteiger partial charge in [-0.2, -0.15) is 0 Å². The smallest absolute Gasteiger partial charge is 0.306 e. The van der Waals surface area contributed by atoms with Gasteiger partial charge in [0.2, 0.25) is 5.91 Å². The standard InChI is InChI=1S/C12H21NO4/c1-8(14)3-2-6-13-11(15)9-4-5-10(7-9)12(16)17/h8-10,14H,2-7H2,1H3,(H,13,15)(H,16,17). The van der Waals surface area contributed by atoms with Crippen molar-refractivity contribution in [1.29, 1.82) is 0 Å². The second-order valence-electron chi connectivity index (χ2n) is 4.83. The number of amides is 1. The third-order valence-corrected chi connectivity index (χ3v) is 3.25.